The minimum Gasteiger partial charge on any atom is -0.353 e. The summed E-state index contributed by atoms with van der Waals surface area (Å²) in [5, 5.41) is 21.7. The van der Waals surface area contributed by atoms with Gasteiger partial charge in [-0.1, -0.05) is 12.1 Å². The fourth-order valence-corrected chi connectivity index (χ4v) is 5.19. The molecule has 0 amide bonds. The predicted octanol–water partition coefficient (Wildman–Crippen LogP) is 2.31. The smallest absolute Gasteiger partial charge is 0.243 e. The maximum absolute atomic E-state index is 14.3. The number of hydrogen-bond acceptors (Lipinski definition) is 7. The molecule has 9 nitrogen and oxygen atoms in total. The SMILES string of the molecule is N#Cc1ccc(S(=O)(=O)N2CCN(c3ccc4nnc(-c5ccccc5F)n4n3)CC2)cc1. The first-order valence-electron chi connectivity index (χ1n) is 10.2. The molecule has 3 heterocycles. The summed E-state index contributed by atoms with van der Waals surface area (Å²) in [6, 6.07) is 17.7. The van der Waals surface area contributed by atoms with Crippen molar-refractivity contribution in [3.05, 3.63) is 72.0 Å². The number of aromatic nitrogens is 4. The van der Waals surface area contributed by atoms with E-state index in [9.17, 15) is 12.8 Å². The van der Waals surface area contributed by atoms with Crippen LogP contribution in [0.5, 0.6) is 0 Å². The zero-order valence-corrected chi connectivity index (χ0v) is 18.2. The molecule has 0 N–H and O–H groups in total. The van der Waals surface area contributed by atoms with E-state index in [1.54, 1.807) is 30.3 Å². The van der Waals surface area contributed by atoms with Gasteiger partial charge in [0, 0.05) is 26.2 Å². The van der Waals surface area contributed by atoms with Crippen molar-refractivity contribution in [2.24, 2.45) is 0 Å². The summed E-state index contributed by atoms with van der Waals surface area (Å²) >= 11 is 0. The van der Waals surface area contributed by atoms with E-state index in [0.717, 1.165) is 0 Å². The van der Waals surface area contributed by atoms with E-state index in [1.165, 1.54) is 39.2 Å². The third-order valence-electron chi connectivity index (χ3n) is 5.55. The number of halogens is 1. The van der Waals surface area contributed by atoms with Gasteiger partial charge in [-0.3, -0.25) is 0 Å². The van der Waals surface area contributed by atoms with Gasteiger partial charge in [-0.05, 0) is 48.5 Å². The second-order valence-electron chi connectivity index (χ2n) is 7.49. The molecule has 1 aliphatic heterocycles. The average Bonchev–Trinajstić information content (AvgIpc) is 3.27. The van der Waals surface area contributed by atoms with Crippen molar-refractivity contribution in [1.82, 2.24) is 24.1 Å². The van der Waals surface area contributed by atoms with Crippen LogP contribution < -0.4 is 4.90 Å². The van der Waals surface area contributed by atoms with E-state index in [-0.39, 0.29) is 18.0 Å². The molecule has 0 spiro atoms. The van der Waals surface area contributed by atoms with Crippen LogP contribution in [-0.4, -0.2) is 58.7 Å². The van der Waals surface area contributed by atoms with Crippen molar-refractivity contribution in [3.63, 3.8) is 0 Å². The van der Waals surface area contributed by atoms with Gasteiger partial charge in [0.25, 0.3) is 0 Å². The maximum Gasteiger partial charge on any atom is 0.243 e. The molecule has 0 bridgehead atoms. The Labute approximate surface area is 189 Å². The van der Waals surface area contributed by atoms with Crippen LogP contribution in [0.1, 0.15) is 5.56 Å². The van der Waals surface area contributed by atoms with Crippen molar-refractivity contribution in [3.8, 4) is 17.5 Å². The number of sulfonamides is 1. The Bertz CT molecular complexity index is 1470. The number of fused-ring (bicyclic) bond motifs is 1. The molecule has 2 aromatic carbocycles. The lowest BCUT2D eigenvalue weighted by Gasteiger charge is -2.34. The molecule has 1 saturated heterocycles. The summed E-state index contributed by atoms with van der Waals surface area (Å²) in [5.74, 6) is 0.503. The van der Waals surface area contributed by atoms with Crippen molar-refractivity contribution >= 4 is 21.5 Å². The van der Waals surface area contributed by atoms with Gasteiger partial charge in [0.1, 0.15) is 11.6 Å². The Kier molecular flexibility index (Phi) is 5.24. The molecular formula is C22H18FN7O2S. The van der Waals surface area contributed by atoms with Crippen LogP contribution in [0.15, 0.2) is 65.6 Å². The average molecular weight is 463 g/mol. The fourth-order valence-electron chi connectivity index (χ4n) is 3.77. The molecule has 33 heavy (non-hydrogen) atoms. The Morgan fingerprint density at radius 1 is 0.909 bits per heavy atom. The Hall–Kier alpha value is -3.88. The number of nitrogens with zero attached hydrogens (tertiary/aromatic N) is 7. The van der Waals surface area contributed by atoms with Gasteiger partial charge < -0.3 is 4.90 Å². The summed E-state index contributed by atoms with van der Waals surface area (Å²) in [4.78, 5) is 2.13. The fraction of sp³-hybridized carbons (Fsp3) is 0.182. The number of hydrogen-bond donors (Lipinski definition) is 0. The van der Waals surface area contributed by atoms with Gasteiger partial charge in [-0.25, -0.2) is 12.8 Å². The van der Waals surface area contributed by atoms with Crippen LogP contribution in [-0.2, 0) is 10.0 Å². The molecule has 11 heteroatoms. The van der Waals surface area contributed by atoms with Gasteiger partial charge in [0.2, 0.25) is 10.0 Å². The van der Waals surface area contributed by atoms with E-state index >= 15 is 0 Å². The van der Waals surface area contributed by atoms with E-state index in [2.05, 4.69) is 15.3 Å². The van der Waals surface area contributed by atoms with Crippen molar-refractivity contribution in [2.45, 2.75) is 4.90 Å². The molecular weight excluding hydrogens is 445 g/mol. The Balaban J connectivity index is 1.37. The molecule has 1 aliphatic rings. The third-order valence-corrected chi connectivity index (χ3v) is 7.46. The first kappa shape index (κ1) is 21.0. The number of nitriles is 1. The van der Waals surface area contributed by atoms with E-state index in [1.807, 2.05) is 11.0 Å². The zero-order valence-electron chi connectivity index (χ0n) is 17.3. The van der Waals surface area contributed by atoms with Crippen LogP contribution >= 0.6 is 0 Å². The van der Waals surface area contributed by atoms with Crippen LogP contribution in [0.3, 0.4) is 0 Å². The Morgan fingerprint density at radius 3 is 2.33 bits per heavy atom. The largest absolute Gasteiger partial charge is 0.353 e. The van der Waals surface area contributed by atoms with E-state index in [4.69, 9.17) is 5.26 Å². The molecule has 0 aliphatic carbocycles. The van der Waals surface area contributed by atoms with E-state index in [0.29, 0.717) is 41.5 Å². The molecule has 166 valence electrons. The molecule has 0 atom stereocenters. The number of anilines is 1. The maximum atomic E-state index is 14.3. The van der Waals surface area contributed by atoms with Crippen LogP contribution in [0.25, 0.3) is 17.0 Å². The van der Waals surface area contributed by atoms with Gasteiger partial charge in [0.15, 0.2) is 11.5 Å². The standard InChI is InChI=1S/C22H18FN7O2S/c23-19-4-2-1-3-18(19)22-26-25-20-9-10-21(27-30(20)22)28-11-13-29(14-12-28)33(31,32)17-7-5-16(15-24)6-8-17/h1-10H,11-14H2. The third kappa shape index (κ3) is 3.79. The van der Waals surface area contributed by atoms with Crippen molar-refractivity contribution in [1.29, 1.82) is 5.26 Å². The number of benzene rings is 2. The summed E-state index contributed by atoms with van der Waals surface area (Å²) in [7, 11) is -3.66. The number of piperazine rings is 1. The lowest BCUT2D eigenvalue weighted by molar-refractivity contribution is 0.383. The monoisotopic (exact) mass is 463 g/mol. The molecule has 0 saturated carbocycles. The van der Waals surface area contributed by atoms with Gasteiger partial charge in [-0.15, -0.1) is 15.3 Å². The lowest BCUT2D eigenvalue weighted by atomic mass is 10.2. The van der Waals surface area contributed by atoms with Crippen molar-refractivity contribution < 1.29 is 12.8 Å². The highest BCUT2D eigenvalue weighted by Gasteiger charge is 2.29. The van der Waals surface area contributed by atoms with Crippen LogP contribution in [0, 0.1) is 17.1 Å². The molecule has 2 aromatic heterocycles. The van der Waals surface area contributed by atoms with Gasteiger partial charge >= 0.3 is 0 Å². The highest BCUT2D eigenvalue weighted by molar-refractivity contribution is 7.89. The zero-order chi connectivity index (χ0) is 23.0. The summed E-state index contributed by atoms with van der Waals surface area (Å²) in [6.45, 7) is 1.44. The topological polar surface area (TPSA) is 107 Å². The first-order valence-corrected chi connectivity index (χ1v) is 11.6. The van der Waals surface area contributed by atoms with Gasteiger partial charge in [0.05, 0.1) is 22.1 Å². The predicted molar refractivity (Wildman–Crippen MR) is 118 cm³/mol. The number of rotatable bonds is 4. The molecule has 0 unspecified atom stereocenters. The second-order valence-corrected chi connectivity index (χ2v) is 9.43. The molecule has 5 rings (SSSR count). The molecule has 1 fully saturated rings. The summed E-state index contributed by atoms with van der Waals surface area (Å²) < 4.78 is 43.1. The highest BCUT2D eigenvalue weighted by Crippen LogP contribution is 2.24. The van der Waals surface area contributed by atoms with Crippen LogP contribution in [0.2, 0.25) is 0 Å². The van der Waals surface area contributed by atoms with Crippen LogP contribution in [0.4, 0.5) is 10.2 Å². The minimum absolute atomic E-state index is 0.161. The quantitative estimate of drug-likeness (QED) is 0.457. The summed E-state index contributed by atoms with van der Waals surface area (Å²) in [5.41, 5.74) is 1.19. The normalized spacial score (nSPS) is 15.0. The first-order chi connectivity index (χ1) is 16.0. The lowest BCUT2D eigenvalue weighted by Crippen LogP contribution is -2.49. The second kappa shape index (κ2) is 8.23. The van der Waals surface area contributed by atoms with E-state index < -0.39 is 15.8 Å². The Morgan fingerprint density at radius 2 is 1.64 bits per heavy atom. The molecule has 4 aromatic rings. The highest BCUT2D eigenvalue weighted by atomic mass is 32.2. The summed E-state index contributed by atoms with van der Waals surface area (Å²) in [6.07, 6.45) is 0. The van der Waals surface area contributed by atoms with Gasteiger partial charge in [-0.2, -0.15) is 14.1 Å². The molecule has 0 radical (unpaired) electrons. The minimum atomic E-state index is -3.66. The van der Waals surface area contributed by atoms with Crippen molar-refractivity contribution in [2.75, 3.05) is 31.1 Å².